The van der Waals surface area contributed by atoms with Crippen LogP contribution in [0, 0.1) is 11.3 Å². The quantitative estimate of drug-likeness (QED) is 0.907. The minimum atomic E-state index is 0.412. The molecule has 2 rings (SSSR count). The van der Waals surface area contributed by atoms with Gasteiger partial charge in [0.2, 0.25) is 0 Å². The fourth-order valence-corrected chi connectivity index (χ4v) is 3.18. The number of nitrogens with zero attached hydrogens (tertiary/aromatic N) is 2. The van der Waals surface area contributed by atoms with Crippen LogP contribution in [0.4, 0.5) is 5.82 Å². The lowest BCUT2D eigenvalue weighted by atomic mass is 9.75. The maximum Gasteiger partial charge on any atom is 0.128 e. The maximum atomic E-state index is 6.23. The topological polar surface area (TPSA) is 28.2 Å². The fourth-order valence-electron chi connectivity index (χ4n) is 3.01. The molecule has 1 aromatic rings. The second kappa shape index (κ2) is 6.97. The van der Waals surface area contributed by atoms with Gasteiger partial charge in [-0.25, -0.2) is 4.98 Å². The molecule has 1 N–H and O–H groups in total. The molecule has 4 heteroatoms. The van der Waals surface area contributed by atoms with Crippen molar-refractivity contribution in [1.82, 2.24) is 10.3 Å². The Hall–Kier alpha value is -0.800. The summed E-state index contributed by atoms with van der Waals surface area (Å²) in [5.41, 5.74) is 1.55. The van der Waals surface area contributed by atoms with E-state index in [1.807, 2.05) is 0 Å². The summed E-state index contributed by atoms with van der Waals surface area (Å²) >= 11 is 6.23. The summed E-state index contributed by atoms with van der Waals surface area (Å²) in [6, 6.07) is 2.14. The highest BCUT2D eigenvalue weighted by Gasteiger charge is 2.29. The maximum absolute atomic E-state index is 6.23. The number of anilines is 1. The van der Waals surface area contributed by atoms with Crippen LogP contribution < -0.4 is 10.2 Å². The van der Waals surface area contributed by atoms with Crippen molar-refractivity contribution in [3.05, 3.63) is 22.8 Å². The van der Waals surface area contributed by atoms with E-state index in [0.29, 0.717) is 5.41 Å². The van der Waals surface area contributed by atoms with Crippen LogP contribution in [0.1, 0.15) is 46.1 Å². The Kier molecular flexibility index (Phi) is 5.50. The Labute approximate surface area is 134 Å². The van der Waals surface area contributed by atoms with Crippen molar-refractivity contribution in [2.45, 2.75) is 47.1 Å². The van der Waals surface area contributed by atoms with Crippen molar-refractivity contribution in [3.8, 4) is 0 Å². The summed E-state index contributed by atoms with van der Waals surface area (Å²) in [7, 11) is 0. The van der Waals surface area contributed by atoms with Gasteiger partial charge in [-0.2, -0.15) is 0 Å². The van der Waals surface area contributed by atoms with E-state index in [0.717, 1.165) is 48.5 Å². The number of rotatable bonds is 4. The van der Waals surface area contributed by atoms with Gasteiger partial charge in [-0.3, -0.25) is 0 Å². The third kappa shape index (κ3) is 4.33. The molecule has 0 radical (unpaired) electrons. The average Bonchev–Trinajstić information content (AvgIpc) is 2.46. The predicted molar refractivity (Wildman–Crippen MR) is 91.0 cm³/mol. The predicted octanol–water partition coefficient (Wildman–Crippen LogP) is 4.11. The summed E-state index contributed by atoms with van der Waals surface area (Å²) in [6.07, 6.45) is 4.28. The first kappa shape index (κ1) is 16.6. The van der Waals surface area contributed by atoms with Crippen LogP contribution in [0.3, 0.4) is 0 Å². The number of hydrogen-bond acceptors (Lipinski definition) is 3. The molecule has 1 aliphatic rings. The first-order valence-electron chi connectivity index (χ1n) is 8.02. The molecule has 0 atom stereocenters. The van der Waals surface area contributed by atoms with Gasteiger partial charge >= 0.3 is 0 Å². The van der Waals surface area contributed by atoms with Crippen molar-refractivity contribution < 1.29 is 0 Å². The summed E-state index contributed by atoms with van der Waals surface area (Å²) in [5.74, 6) is 1.88. The first-order chi connectivity index (χ1) is 9.91. The molecular weight excluding hydrogens is 282 g/mol. The number of pyridine rings is 1. The molecule has 3 nitrogen and oxygen atoms in total. The summed E-state index contributed by atoms with van der Waals surface area (Å²) in [4.78, 5) is 6.92. The van der Waals surface area contributed by atoms with E-state index in [9.17, 15) is 0 Å². The molecule has 0 aromatic carbocycles. The van der Waals surface area contributed by atoms with Gasteiger partial charge in [0, 0.05) is 25.8 Å². The van der Waals surface area contributed by atoms with Gasteiger partial charge in [-0.05, 0) is 42.3 Å². The normalized spacial score (nSPS) is 17.3. The Bertz CT molecular complexity index is 460. The molecule has 0 amide bonds. The highest BCUT2D eigenvalue weighted by Crippen LogP contribution is 2.35. The molecule has 118 valence electrons. The lowest BCUT2D eigenvalue weighted by Gasteiger charge is -2.39. The zero-order valence-corrected chi connectivity index (χ0v) is 14.5. The number of halogens is 1. The third-order valence-corrected chi connectivity index (χ3v) is 4.87. The van der Waals surface area contributed by atoms with E-state index in [-0.39, 0.29) is 0 Å². The van der Waals surface area contributed by atoms with Gasteiger partial charge in [0.15, 0.2) is 0 Å². The van der Waals surface area contributed by atoms with E-state index in [4.69, 9.17) is 11.6 Å². The van der Waals surface area contributed by atoms with Crippen molar-refractivity contribution in [2.75, 3.05) is 24.5 Å². The van der Waals surface area contributed by atoms with Crippen molar-refractivity contribution in [3.63, 3.8) is 0 Å². The molecular formula is C17H28ClN3. The van der Waals surface area contributed by atoms with E-state index >= 15 is 0 Å². The molecule has 0 bridgehead atoms. The molecule has 1 saturated heterocycles. The van der Waals surface area contributed by atoms with Gasteiger partial charge < -0.3 is 10.2 Å². The van der Waals surface area contributed by atoms with Crippen molar-refractivity contribution in [1.29, 1.82) is 0 Å². The van der Waals surface area contributed by atoms with Crippen LogP contribution in [0.2, 0.25) is 5.02 Å². The largest absolute Gasteiger partial charge is 0.357 e. The van der Waals surface area contributed by atoms with Crippen molar-refractivity contribution >= 4 is 17.4 Å². The van der Waals surface area contributed by atoms with Crippen LogP contribution in [-0.4, -0.2) is 24.6 Å². The number of aromatic nitrogens is 1. The molecule has 0 spiro atoms. The molecule has 1 fully saturated rings. The number of hydrogen-bond donors (Lipinski definition) is 1. The monoisotopic (exact) mass is 309 g/mol. The van der Waals surface area contributed by atoms with E-state index < -0.39 is 0 Å². The summed E-state index contributed by atoms with van der Waals surface area (Å²) in [5, 5.41) is 4.09. The van der Waals surface area contributed by atoms with Crippen molar-refractivity contribution in [2.24, 2.45) is 11.3 Å². The highest BCUT2D eigenvalue weighted by atomic mass is 35.5. The molecule has 0 unspecified atom stereocenters. The molecule has 0 aliphatic carbocycles. The van der Waals surface area contributed by atoms with Crippen LogP contribution in [0.5, 0.6) is 0 Å². The molecule has 21 heavy (non-hydrogen) atoms. The van der Waals surface area contributed by atoms with E-state index in [1.165, 1.54) is 12.8 Å². The van der Waals surface area contributed by atoms with Gasteiger partial charge in [0.25, 0.3) is 0 Å². The highest BCUT2D eigenvalue weighted by molar-refractivity contribution is 6.31. The molecule has 1 aliphatic heterocycles. The minimum Gasteiger partial charge on any atom is -0.357 e. The lowest BCUT2D eigenvalue weighted by molar-refractivity contribution is 0.198. The van der Waals surface area contributed by atoms with Gasteiger partial charge in [-0.1, -0.05) is 39.3 Å². The number of piperidine rings is 1. The van der Waals surface area contributed by atoms with Crippen LogP contribution in [0.15, 0.2) is 12.3 Å². The Morgan fingerprint density at radius 1 is 1.33 bits per heavy atom. The second-order valence-electron chi connectivity index (χ2n) is 7.04. The summed E-state index contributed by atoms with van der Waals surface area (Å²) < 4.78 is 0. The number of nitrogens with one attached hydrogen (secondary N) is 1. The minimum absolute atomic E-state index is 0.412. The summed E-state index contributed by atoms with van der Waals surface area (Å²) in [6.45, 7) is 13.1. The fraction of sp³-hybridized carbons (Fsp3) is 0.706. The Balaban J connectivity index is 2.03. The zero-order valence-electron chi connectivity index (χ0n) is 13.7. The average molecular weight is 310 g/mol. The second-order valence-corrected chi connectivity index (χ2v) is 7.45. The zero-order chi connectivity index (χ0) is 15.5. The third-order valence-electron chi connectivity index (χ3n) is 4.53. The molecule has 0 saturated carbocycles. The van der Waals surface area contributed by atoms with Crippen LogP contribution in [-0.2, 0) is 6.54 Å². The smallest absolute Gasteiger partial charge is 0.128 e. The standard InChI is InChI=1S/C17H28ClN3/c1-5-19-11-13-10-16(20-12-15(13)18)21-8-6-14(7-9-21)17(2,3)4/h10,12,14,19H,5-9,11H2,1-4H3. The van der Waals surface area contributed by atoms with E-state index in [1.54, 1.807) is 6.20 Å². The molecule has 1 aromatic heterocycles. The van der Waals surface area contributed by atoms with Crippen LogP contribution >= 0.6 is 11.6 Å². The SMILES string of the molecule is CCNCc1cc(N2CCC(C(C)(C)C)CC2)ncc1Cl. The lowest BCUT2D eigenvalue weighted by Crippen LogP contribution is -2.38. The first-order valence-corrected chi connectivity index (χ1v) is 8.39. The Morgan fingerprint density at radius 2 is 2.00 bits per heavy atom. The van der Waals surface area contributed by atoms with Gasteiger partial charge in [-0.15, -0.1) is 0 Å². The van der Waals surface area contributed by atoms with Crippen LogP contribution in [0.25, 0.3) is 0 Å². The van der Waals surface area contributed by atoms with Gasteiger partial charge in [0.05, 0.1) is 5.02 Å². The Morgan fingerprint density at radius 3 is 2.57 bits per heavy atom. The van der Waals surface area contributed by atoms with E-state index in [2.05, 4.69) is 49.0 Å². The molecule has 2 heterocycles. The van der Waals surface area contributed by atoms with Gasteiger partial charge in [0.1, 0.15) is 5.82 Å².